The number of benzene rings is 1. The lowest BCUT2D eigenvalue weighted by molar-refractivity contribution is 0.415. The van der Waals surface area contributed by atoms with Gasteiger partial charge in [0.2, 0.25) is 0 Å². The van der Waals surface area contributed by atoms with Crippen LogP contribution in [0.1, 0.15) is 5.56 Å². The summed E-state index contributed by atoms with van der Waals surface area (Å²) in [5.74, 6) is 0.752. The molecule has 88 valence electrons. The predicted octanol–water partition coefficient (Wildman–Crippen LogP) is 2.40. The van der Waals surface area contributed by atoms with Gasteiger partial charge in [-0.05, 0) is 30.0 Å². The molecule has 0 aliphatic heterocycles. The van der Waals surface area contributed by atoms with Gasteiger partial charge >= 0.3 is 0 Å². The number of thioether (sulfide) groups is 1. The Kier molecular flexibility index (Phi) is 4.44. The zero-order chi connectivity index (χ0) is 12.2. The summed E-state index contributed by atoms with van der Waals surface area (Å²) in [6, 6.07) is 7.23. The largest absolute Gasteiger partial charge is 0.497 e. The number of hydrogen-bond donors (Lipinski definition) is 0. The van der Waals surface area contributed by atoms with Crippen molar-refractivity contribution in [3.63, 3.8) is 0 Å². The molecule has 0 atom stereocenters. The van der Waals surface area contributed by atoms with Gasteiger partial charge < -0.3 is 4.74 Å². The molecule has 0 unspecified atom stereocenters. The number of sulfone groups is 1. The summed E-state index contributed by atoms with van der Waals surface area (Å²) < 4.78 is 28.1. The second-order valence-corrected chi connectivity index (χ2v) is 6.30. The fraction of sp³-hybridized carbons (Fsp3) is 0.273. The maximum Gasteiger partial charge on any atom is 0.181 e. The molecule has 0 fully saturated rings. The predicted molar refractivity (Wildman–Crippen MR) is 69.3 cm³/mol. The van der Waals surface area contributed by atoms with Gasteiger partial charge in [0.15, 0.2) is 9.84 Å². The first kappa shape index (κ1) is 13.1. The highest BCUT2D eigenvalue weighted by Crippen LogP contribution is 2.22. The van der Waals surface area contributed by atoms with Crippen molar-refractivity contribution in [1.82, 2.24) is 0 Å². The number of ether oxygens (including phenoxy) is 1. The van der Waals surface area contributed by atoms with Crippen LogP contribution in [0, 0.1) is 0 Å². The lowest BCUT2D eigenvalue weighted by Crippen LogP contribution is -1.96. The topological polar surface area (TPSA) is 43.4 Å². The lowest BCUT2D eigenvalue weighted by atomic mass is 10.2. The van der Waals surface area contributed by atoms with Gasteiger partial charge in [0.05, 0.1) is 11.3 Å². The Morgan fingerprint density at radius 2 is 1.88 bits per heavy atom. The van der Waals surface area contributed by atoms with E-state index < -0.39 is 9.84 Å². The quantitative estimate of drug-likeness (QED) is 0.832. The molecule has 1 rings (SSSR count). The highest BCUT2D eigenvalue weighted by atomic mass is 32.3. The van der Waals surface area contributed by atoms with E-state index >= 15 is 0 Å². The number of methoxy groups -OCH3 is 1. The molecule has 0 bridgehead atoms. The van der Waals surface area contributed by atoms with E-state index in [-0.39, 0.29) is 0 Å². The van der Waals surface area contributed by atoms with E-state index in [2.05, 4.69) is 0 Å². The molecule has 0 saturated heterocycles. The Morgan fingerprint density at radius 3 is 2.25 bits per heavy atom. The van der Waals surface area contributed by atoms with Gasteiger partial charge in [-0.2, -0.15) is 0 Å². The number of rotatable bonds is 4. The van der Waals surface area contributed by atoms with E-state index in [4.69, 9.17) is 4.74 Å². The summed E-state index contributed by atoms with van der Waals surface area (Å²) in [5, 5.41) is 0. The molecule has 0 aliphatic rings. The van der Waals surface area contributed by atoms with Crippen molar-refractivity contribution >= 4 is 27.7 Å². The molecule has 0 amide bonds. The molecule has 0 heterocycles. The van der Waals surface area contributed by atoms with E-state index in [0.717, 1.165) is 11.3 Å². The zero-order valence-electron chi connectivity index (χ0n) is 9.43. The van der Waals surface area contributed by atoms with Crippen LogP contribution in [0.15, 0.2) is 28.5 Å². The second kappa shape index (κ2) is 5.41. The summed E-state index contributed by atoms with van der Waals surface area (Å²) in [5.41, 5.74) is 0.843. The third-order valence-electron chi connectivity index (χ3n) is 1.97. The maximum atomic E-state index is 11.4. The minimum Gasteiger partial charge on any atom is -0.497 e. The van der Waals surface area contributed by atoms with Gasteiger partial charge in [-0.25, -0.2) is 8.42 Å². The van der Waals surface area contributed by atoms with Crippen molar-refractivity contribution in [1.29, 1.82) is 0 Å². The molecule has 0 radical (unpaired) electrons. The van der Waals surface area contributed by atoms with Gasteiger partial charge in [0.25, 0.3) is 0 Å². The molecule has 5 heteroatoms. The van der Waals surface area contributed by atoms with E-state index in [1.54, 1.807) is 31.6 Å². The second-order valence-electron chi connectivity index (χ2n) is 3.21. The van der Waals surface area contributed by atoms with Crippen LogP contribution in [0.3, 0.4) is 0 Å². The Morgan fingerprint density at radius 1 is 1.31 bits per heavy atom. The molecule has 0 spiro atoms. The fourth-order valence-corrected chi connectivity index (χ4v) is 2.97. The molecule has 1 aromatic rings. The Balaban J connectivity index is 3.05. The standard InChI is InChI=1S/C11H14O3S2/c1-14-10-6-4-9(5-7-10)8-11(15-2)16(3,12)13/h4-8H,1-3H3/b11-8+. The molecule has 3 nitrogen and oxygen atoms in total. The highest BCUT2D eigenvalue weighted by molar-refractivity contribution is 8.18. The molecule has 0 aromatic heterocycles. The first-order valence-electron chi connectivity index (χ1n) is 4.57. The van der Waals surface area contributed by atoms with Crippen LogP contribution in [0.5, 0.6) is 5.75 Å². The Hall–Kier alpha value is -0.940. The summed E-state index contributed by atoms with van der Waals surface area (Å²) in [6.07, 6.45) is 4.61. The summed E-state index contributed by atoms with van der Waals surface area (Å²) in [4.78, 5) is 0. The van der Waals surface area contributed by atoms with Crippen molar-refractivity contribution in [3.05, 3.63) is 34.1 Å². The molecule has 16 heavy (non-hydrogen) atoms. The molecular formula is C11H14O3S2. The summed E-state index contributed by atoms with van der Waals surface area (Å²) >= 11 is 1.22. The molecular weight excluding hydrogens is 244 g/mol. The van der Waals surface area contributed by atoms with Crippen LogP contribution in [0.4, 0.5) is 0 Å². The van der Waals surface area contributed by atoms with E-state index in [0.29, 0.717) is 4.24 Å². The number of hydrogen-bond acceptors (Lipinski definition) is 4. The van der Waals surface area contributed by atoms with Crippen molar-refractivity contribution in [3.8, 4) is 5.75 Å². The van der Waals surface area contributed by atoms with Crippen molar-refractivity contribution in [2.75, 3.05) is 19.6 Å². The Labute approximate surface area is 100 Å². The minimum absolute atomic E-state index is 0.359. The minimum atomic E-state index is -3.14. The first-order chi connectivity index (χ1) is 7.47. The average Bonchev–Trinajstić information content (AvgIpc) is 2.25. The van der Waals surface area contributed by atoms with Gasteiger partial charge in [-0.1, -0.05) is 12.1 Å². The molecule has 1 aromatic carbocycles. The molecule has 0 aliphatic carbocycles. The van der Waals surface area contributed by atoms with Crippen LogP contribution < -0.4 is 4.74 Å². The zero-order valence-corrected chi connectivity index (χ0v) is 11.1. The van der Waals surface area contributed by atoms with Crippen molar-refractivity contribution in [2.45, 2.75) is 0 Å². The fourth-order valence-electron chi connectivity index (χ4n) is 1.15. The van der Waals surface area contributed by atoms with Gasteiger partial charge in [-0.15, -0.1) is 11.8 Å². The van der Waals surface area contributed by atoms with Crippen LogP contribution >= 0.6 is 11.8 Å². The van der Waals surface area contributed by atoms with E-state index in [9.17, 15) is 8.42 Å². The maximum absolute atomic E-state index is 11.4. The van der Waals surface area contributed by atoms with Crippen LogP contribution in [-0.2, 0) is 9.84 Å². The van der Waals surface area contributed by atoms with Gasteiger partial charge in [0, 0.05) is 6.26 Å². The SMILES string of the molecule is COc1ccc(/C=C(\SC)S(C)(=O)=O)cc1. The average molecular weight is 258 g/mol. The first-order valence-corrected chi connectivity index (χ1v) is 7.69. The van der Waals surface area contributed by atoms with E-state index in [1.807, 2.05) is 12.1 Å². The smallest absolute Gasteiger partial charge is 0.181 e. The summed E-state index contributed by atoms with van der Waals surface area (Å²) in [6.45, 7) is 0. The van der Waals surface area contributed by atoms with Crippen LogP contribution in [-0.4, -0.2) is 28.0 Å². The van der Waals surface area contributed by atoms with Crippen molar-refractivity contribution < 1.29 is 13.2 Å². The van der Waals surface area contributed by atoms with E-state index in [1.165, 1.54) is 18.0 Å². The van der Waals surface area contributed by atoms with Gasteiger partial charge in [0.1, 0.15) is 5.75 Å². The van der Waals surface area contributed by atoms with Crippen LogP contribution in [0.25, 0.3) is 6.08 Å². The normalized spacial score (nSPS) is 12.6. The van der Waals surface area contributed by atoms with Crippen LogP contribution in [0.2, 0.25) is 0 Å². The molecule has 0 saturated carbocycles. The highest BCUT2D eigenvalue weighted by Gasteiger charge is 2.09. The Bertz CT molecular complexity index is 472. The molecule has 0 N–H and O–H groups in total. The third-order valence-corrected chi connectivity index (χ3v) is 4.74. The monoisotopic (exact) mass is 258 g/mol. The summed E-state index contributed by atoms with van der Waals surface area (Å²) in [7, 11) is -1.54. The van der Waals surface area contributed by atoms with Crippen molar-refractivity contribution in [2.24, 2.45) is 0 Å². The van der Waals surface area contributed by atoms with Gasteiger partial charge in [-0.3, -0.25) is 0 Å². The lowest BCUT2D eigenvalue weighted by Gasteiger charge is -2.02. The third kappa shape index (κ3) is 3.57.